The Kier molecular flexibility index (Phi) is 3.68. The monoisotopic (exact) mass is 228 g/mol. The average molecular weight is 229 g/mol. The molecule has 0 aliphatic carbocycles. The highest BCUT2D eigenvalue weighted by Gasteiger charge is 2.15. The topological polar surface area (TPSA) is 63.6 Å². The van der Waals surface area contributed by atoms with E-state index in [4.69, 9.17) is 11.6 Å². The molecule has 0 amide bonds. The number of benzene rings is 1. The van der Waals surface area contributed by atoms with Crippen molar-refractivity contribution in [2.45, 2.75) is 6.42 Å². The molecular formula is C10H9ClO4. The fraction of sp³-hybridized carbons (Fsp3) is 0.200. The predicted molar refractivity (Wildman–Crippen MR) is 54.1 cm³/mol. The van der Waals surface area contributed by atoms with E-state index in [0.29, 0.717) is 5.02 Å². The molecular weight excluding hydrogens is 220 g/mol. The van der Waals surface area contributed by atoms with Gasteiger partial charge in [-0.1, -0.05) is 11.6 Å². The maximum Gasteiger partial charge on any atom is 0.313 e. The number of rotatable bonds is 3. The summed E-state index contributed by atoms with van der Waals surface area (Å²) in [6.45, 7) is 0. The molecule has 4 nitrogen and oxygen atoms in total. The van der Waals surface area contributed by atoms with Crippen molar-refractivity contribution in [3.63, 3.8) is 0 Å². The Morgan fingerprint density at radius 3 is 2.73 bits per heavy atom. The molecule has 1 N–H and O–H groups in total. The molecule has 15 heavy (non-hydrogen) atoms. The molecule has 0 aromatic heterocycles. The summed E-state index contributed by atoms with van der Waals surface area (Å²) in [6, 6.07) is 4.06. The molecule has 0 unspecified atom stereocenters. The van der Waals surface area contributed by atoms with Gasteiger partial charge in [0.05, 0.1) is 12.7 Å². The van der Waals surface area contributed by atoms with Gasteiger partial charge in [-0.15, -0.1) is 0 Å². The van der Waals surface area contributed by atoms with Crippen LogP contribution in [0.25, 0.3) is 0 Å². The Labute approximate surface area is 91.4 Å². The Balaban J connectivity index is 2.91. The first-order valence-corrected chi connectivity index (χ1v) is 4.51. The molecule has 0 heterocycles. The van der Waals surface area contributed by atoms with E-state index in [1.54, 1.807) is 0 Å². The highest BCUT2D eigenvalue weighted by Crippen LogP contribution is 2.22. The lowest BCUT2D eigenvalue weighted by Crippen LogP contribution is -2.09. The van der Waals surface area contributed by atoms with Crippen molar-refractivity contribution in [3.8, 4) is 5.75 Å². The molecule has 1 aromatic rings. The van der Waals surface area contributed by atoms with E-state index in [1.807, 2.05) is 0 Å². The van der Waals surface area contributed by atoms with Crippen molar-refractivity contribution in [1.82, 2.24) is 0 Å². The second kappa shape index (κ2) is 4.79. The molecule has 0 atom stereocenters. The van der Waals surface area contributed by atoms with Gasteiger partial charge in [0.15, 0.2) is 5.78 Å². The van der Waals surface area contributed by atoms with Crippen LogP contribution in [0.4, 0.5) is 0 Å². The van der Waals surface area contributed by atoms with Crippen molar-refractivity contribution < 1.29 is 19.4 Å². The van der Waals surface area contributed by atoms with E-state index in [9.17, 15) is 14.7 Å². The summed E-state index contributed by atoms with van der Waals surface area (Å²) in [4.78, 5) is 22.3. The zero-order valence-corrected chi connectivity index (χ0v) is 8.75. The Morgan fingerprint density at radius 1 is 1.47 bits per heavy atom. The normalized spacial score (nSPS) is 9.73. The van der Waals surface area contributed by atoms with Gasteiger partial charge < -0.3 is 9.84 Å². The Bertz CT molecular complexity index is 400. The summed E-state index contributed by atoms with van der Waals surface area (Å²) in [5.74, 6) is -1.38. The van der Waals surface area contributed by atoms with Gasteiger partial charge in [-0.3, -0.25) is 9.59 Å². The summed E-state index contributed by atoms with van der Waals surface area (Å²) in [6.07, 6.45) is -0.412. The lowest BCUT2D eigenvalue weighted by molar-refractivity contribution is -0.139. The number of carbonyl (C=O) groups is 2. The molecule has 0 spiro atoms. The fourth-order valence-electron chi connectivity index (χ4n) is 1.03. The van der Waals surface area contributed by atoms with Gasteiger partial charge in [-0.2, -0.15) is 0 Å². The van der Waals surface area contributed by atoms with Crippen molar-refractivity contribution in [2.24, 2.45) is 0 Å². The van der Waals surface area contributed by atoms with Gasteiger partial charge >= 0.3 is 5.97 Å². The predicted octanol–water partition coefficient (Wildman–Crippen LogP) is 1.79. The molecule has 0 aliphatic heterocycles. The number of esters is 1. The van der Waals surface area contributed by atoms with Crippen LogP contribution in [0.2, 0.25) is 5.02 Å². The molecule has 1 rings (SSSR count). The van der Waals surface area contributed by atoms with Crippen LogP contribution in [-0.2, 0) is 9.53 Å². The lowest BCUT2D eigenvalue weighted by atomic mass is 10.1. The van der Waals surface area contributed by atoms with Crippen molar-refractivity contribution in [3.05, 3.63) is 28.8 Å². The molecule has 0 radical (unpaired) electrons. The number of Topliss-reactive ketones (excluding diaryl/α,β-unsaturated/α-hetero) is 1. The number of ether oxygens (including phenoxy) is 1. The summed E-state index contributed by atoms with van der Waals surface area (Å²) >= 11 is 5.65. The maximum atomic E-state index is 11.5. The van der Waals surface area contributed by atoms with Gasteiger partial charge in [0.2, 0.25) is 0 Å². The lowest BCUT2D eigenvalue weighted by Gasteiger charge is -2.03. The van der Waals surface area contributed by atoms with E-state index in [1.165, 1.54) is 25.3 Å². The molecule has 0 bridgehead atoms. The van der Waals surface area contributed by atoms with E-state index in [-0.39, 0.29) is 11.3 Å². The number of halogens is 1. The Morgan fingerprint density at radius 2 is 2.13 bits per heavy atom. The third-order valence-corrected chi connectivity index (χ3v) is 2.03. The number of carbonyl (C=O) groups excluding carboxylic acids is 2. The number of aromatic hydroxyl groups is 1. The third-order valence-electron chi connectivity index (χ3n) is 1.79. The second-order valence-corrected chi connectivity index (χ2v) is 3.27. The minimum absolute atomic E-state index is 0.0212. The molecule has 1 aromatic carbocycles. The minimum Gasteiger partial charge on any atom is -0.507 e. The smallest absolute Gasteiger partial charge is 0.313 e. The van der Waals surface area contributed by atoms with Crippen LogP contribution < -0.4 is 0 Å². The third kappa shape index (κ3) is 2.95. The van der Waals surface area contributed by atoms with Gasteiger partial charge in [0.25, 0.3) is 0 Å². The zero-order chi connectivity index (χ0) is 11.4. The second-order valence-electron chi connectivity index (χ2n) is 2.84. The van der Waals surface area contributed by atoms with Gasteiger partial charge in [0.1, 0.15) is 12.2 Å². The van der Waals surface area contributed by atoms with Crippen LogP contribution in [0.1, 0.15) is 16.8 Å². The molecule has 0 aliphatic rings. The summed E-state index contributed by atoms with van der Waals surface area (Å²) in [7, 11) is 1.19. The standard InChI is InChI=1S/C10H9ClO4/c1-15-10(14)5-9(13)7-4-6(11)2-3-8(7)12/h2-4,12H,5H2,1H3. The number of phenolic OH excluding ortho intramolecular Hbond substituents is 1. The van der Waals surface area contributed by atoms with Crippen molar-refractivity contribution >= 4 is 23.4 Å². The van der Waals surface area contributed by atoms with Crippen molar-refractivity contribution in [1.29, 1.82) is 0 Å². The van der Waals surface area contributed by atoms with Gasteiger partial charge in [-0.25, -0.2) is 0 Å². The maximum absolute atomic E-state index is 11.5. The molecule has 0 saturated carbocycles. The number of hydrogen-bond donors (Lipinski definition) is 1. The highest BCUT2D eigenvalue weighted by molar-refractivity contribution is 6.31. The average Bonchev–Trinajstić information content (AvgIpc) is 2.21. The van der Waals surface area contributed by atoms with Crippen LogP contribution in [0.5, 0.6) is 5.75 Å². The van der Waals surface area contributed by atoms with Crippen molar-refractivity contribution in [2.75, 3.05) is 7.11 Å². The quantitative estimate of drug-likeness (QED) is 0.487. The van der Waals surface area contributed by atoms with E-state index >= 15 is 0 Å². The Hall–Kier alpha value is -1.55. The molecule has 0 saturated heterocycles. The fourth-order valence-corrected chi connectivity index (χ4v) is 1.20. The van der Waals surface area contributed by atoms with Crippen LogP contribution in [0, 0.1) is 0 Å². The van der Waals surface area contributed by atoms with Gasteiger partial charge in [-0.05, 0) is 18.2 Å². The highest BCUT2D eigenvalue weighted by atomic mass is 35.5. The SMILES string of the molecule is COC(=O)CC(=O)c1cc(Cl)ccc1O. The van der Waals surface area contributed by atoms with E-state index in [2.05, 4.69) is 4.74 Å². The van der Waals surface area contributed by atoms with Crippen LogP contribution in [0.15, 0.2) is 18.2 Å². The summed E-state index contributed by atoms with van der Waals surface area (Å²) in [5, 5.41) is 9.68. The van der Waals surface area contributed by atoms with Gasteiger partial charge in [0, 0.05) is 5.02 Å². The zero-order valence-electron chi connectivity index (χ0n) is 7.99. The first-order chi connectivity index (χ1) is 7.04. The summed E-state index contributed by atoms with van der Waals surface area (Å²) in [5.41, 5.74) is 0.0212. The number of ketones is 1. The minimum atomic E-state index is -0.653. The van der Waals surface area contributed by atoms with E-state index < -0.39 is 18.2 Å². The summed E-state index contributed by atoms with van der Waals surface area (Å²) < 4.78 is 4.34. The molecule has 0 fully saturated rings. The number of methoxy groups -OCH3 is 1. The van der Waals surface area contributed by atoms with E-state index in [0.717, 1.165) is 0 Å². The largest absolute Gasteiger partial charge is 0.507 e. The number of phenols is 1. The van der Waals surface area contributed by atoms with Crippen LogP contribution in [-0.4, -0.2) is 24.0 Å². The first kappa shape index (κ1) is 11.5. The molecule has 80 valence electrons. The molecule has 5 heteroatoms. The van der Waals surface area contributed by atoms with Crippen LogP contribution in [0.3, 0.4) is 0 Å². The van der Waals surface area contributed by atoms with Crippen LogP contribution >= 0.6 is 11.6 Å². The number of hydrogen-bond acceptors (Lipinski definition) is 4. The first-order valence-electron chi connectivity index (χ1n) is 4.13.